The van der Waals surface area contributed by atoms with E-state index < -0.39 is 5.97 Å². The summed E-state index contributed by atoms with van der Waals surface area (Å²) in [7, 11) is 2.78. The molecule has 1 aromatic carbocycles. The number of carbonyl (C=O) groups is 2. The number of esters is 1. The van der Waals surface area contributed by atoms with Gasteiger partial charge in [-0.25, -0.2) is 4.39 Å². The van der Waals surface area contributed by atoms with E-state index in [0.717, 1.165) is 5.56 Å². The summed E-state index contributed by atoms with van der Waals surface area (Å²) in [5.41, 5.74) is 1.41. The standard InChI is InChI=1S/C16H20FNO4/c1-12(13-4-6-14(17)7-5-13)10-15(19)18(8-9-21-2)11-16(20)22-3/h4-7,10H,8-9,11H2,1-3H3/b12-10-. The van der Waals surface area contributed by atoms with E-state index in [2.05, 4.69) is 4.74 Å². The Labute approximate surface area is 129 Å². The molecule has 6 heteroatoms. The molecule has 1 aromatic rings. The maximum Gasteiger partial charge on any atom is 0.325 e. The van der Waals surface area contributed by atoms with Gasteiger partial charge < -0.3 is 14.4 Å². The highest BCUT2D eigenvalue weighted by molar-refractivity contribution is 5.96. The molecule has 1 rings (SSSR count). The van der Waals surface area contributed by atoms with Gasteiger partial charge in [0.05, 0.1) is 13.7 Å². The lowest BCUT2D eigenvalue weighted by molar-refractivity contribution is -0.145. The van der Waals surface area contributed by atoms with Crippen molar-refractivity contribution in [3.63, 3.8) is 0 Å². The van der Waals surface area contributed by atoms with Crippen molar-refractivity contribution in [3.05, 3.63) is 41.7 Å². The lowest BCUT2D eigenvalue weighted by Crippen LogP contribution is -2.37. The minimum atomic E-state index is -0.503. The highest BCUT2D eigenvalue weighted by Crippen LogP contribution is 2.14. The molecule has 0 spiro atoms. The molecule has 22 heavy (non-hydrogen) atoms. The van der Waals surface area contributed by atoms with Crippen molar-refractivity contribution in [2.24, 2.45) is 0 Å². The van der Waals surface area contributed by atoms with Gasteiger partial charge in [0.25, 0.3) is 0 Å². The van der Waals surface area contributed by atoms with E-state index in [-0.39, 0.29) is 24.8 Å². The molecular weight excluding hydrogens is 289 g/mol. The Hall–Kier alpha value is -2.21. The fourth-order valence-corrected chi connectivity index (χ4v) is 1.76. The third-order valence-electron chi connectivity index (χ3n) is 3.06. The number of nitrogens with zero attached hydrogens (tertiary/aromatic N) is 1. The summed E-state index contributed by atoms with van der Waals surface area (Å²) < 4.78 is 22.4. The number of ether oxygens (including phenoxy) is 2. The van der Waals surface area contributed by atoms with E-state index in [0.29, 0.717) is 12.2 Å². The van der Waals surface area contributed by atoms with Gasteiger partial charge in [-0.15, -0.1) is 0 Å². The van der Waals surface area contributed by atoms with Gasteiger partial charge >= 0.3 is 5.97 Å². The van der Waals surface area contributed by atoms with Crippen molar-refractivity contribution < 1.29 is 23.5 Å². The minimum absolute atomic E-state index is 0.147. The third kappa shape index (κ3) is 5.65. The Kier molecular flexibility index (Phi) is 7.25. The lowest BCUT2D eigenvalue weighted by Gasteiger charge is -2.19. The number of carbonyl (C=O) groups excluding carboxylic acids is 2. The first-order valence-corrected chi connectivity index (χ1v) is 6.76. The predicted octanol–water partition coefficient (Wildman–Crippen LogP) is 1.88. The average Bonchev–Trinajstić information content (AvgIpc) is 2.51. The Morgan fingerprint density at radius 3 is 2.41 bits per heavy atom. The highest BCUT2D eigenvalue weighted by atomic mass is 19.1. The molecule has 1 amide bonds. The summed E-state index contributed by atoms with van der Waals surface area (Å²) in [4.78, 5) is 25.0. The maximum absolute atomic E-state index is 12.9. The first kappa shape index (κ1) is 17.8. The maximum atomic E-state index is 12.9. The minimum Gasteiger partial charge on any atom is -0.468 e. The van der Waals surface area contributed by atoms with Crippen molar-refractivity contribution in [2.75, 3.05) is 33.9 Å². The quantitative estimate of drug-likeness (QED) is 0.570. The number of allylic oxidation sites excluding steroid dienone is 1. The van der Waals surface area contributed by atoms with Crippen molar-refractivity contribution >= 4 is 17.4 Å². The SMILES string of the molecule is COCCN(CC(=O)OC)C(=O)/C=C(/C)c1ccc(F)cc1. The molecular formula is C16H20FNO4. The topological polar surface area (TPSA) is 55.8 Å². The number of halogens is 1. The summed E-state index contributed by atoms with van der Waals surface area (Å²) in [6.07, 6.45) is 1.41. The summed E-state index contributed by atoms with van der Waals surface area (Å²) in [5.74, 6) is -1.17. The molecule has 0 unspecified atom stereocenters. The van der Waals surface area contributed by atoms with E-state index in [4.69, 9.17) is 4.74 Å². The van der Waals surface area contributed by atoms with Crippen LogP contribution >= 0.6 is 0 Å². The zero-order valence-electron chi connectivity index (χ0n) is 13.0. The van der Waals surface area contributed by atoms with Gasteiger partial charge in [-0.3, -0.25) is 9.59 Å². The van der Waals surface area contributed by atoms with Crippen molar-refractivity contribution in [3.8, 4) is 0 Å². The molecule has 0 aliphatic rings. The summed E-state index contributed by atoms with van der Waals surface area (Å²) in [5, 5.41) is 0. The highest BCUT2D eigenvalue weighted by Gasteiger charge is 2.16. The number of amides is 1. The Bertz CT molecular complexity index is 540. The van der Waals surface area contributed by atoms with Crippen molar-refractivity contribution in [1.29, 1.82) is 0 Å². The smallest absolute Gasteiger partial charge is 0.325 e. The molecule has 0 fully saturated rings. The summed E-state index contributed by atoms with van der Waals surface area (Å²) in [6, 6.07) is 5.84. The number of hydrogen-bond donors (Lipinski definition) is 0. The third-order valence-corrected chi connectivity index (χ3v) is 3.06. The van der Waals surface area contributed by atoms with Gasteiger partial charge in [0, 0.05) is 19.7 Å². The van der Waals surface area contributed by atoms with Crippen LogP contribution in [0.2, 0.25) is 0 Å². The molecule has 0 aromatic heterocycles. The largest absolute Gasteiger partial charge is 0.468 e. The number of methoxy groups -OCH3 is 2. The van der Waals surface area contributed by atoms with Gasteiger partial charge in [0.15, 0.2) is 0 Å². The number of rotatable bonds is 7. The van der Waals surface area contributed by atoms with E-state index in [1.807, 2.05) is 0 Å². The number of hydrogen-bond acceptors (Lipinski definition) is 4. The van der Waals surface area contributed by atoms with Crippen LogP contribution in [0.4, 0.5) is 4.39 Å². The summed E-state index contributed by atoms with van der Waals surface area (Å²) in [6.45, 7) is 2.19. The molecule has 0 heterocycles. The Morgan fingerprint density at radius 1 is 1.23 bits per heavy atom. The molecule has 5 nitrogen and oxygen atoms in total. The van der Waals surface area contributed by atoms with Crippen LogP contribution in [0.1, 0.15) is 12.5 Å². The average molecular weight is 309 g/mol. The lowest BCUT2D eigenvalue weighted by atomic mass is 10.1. The molecule has 0 radical (unpaired) electrons. The van der Waals surface area contributed by atoms with Crippen LogP contribution in [0.25, 0.3) is 5.57 Å². The number of benzene rings is 1. The Balaban J connectivity index is 2.85. The van der Waals surface area contributed by atoms with E-state index in [1.165, 1.54) is 37.3 Å². The van der Waals surface area contributed by atoms with Gasteiger partial charge in [-0.1, -0.05) is 12.1 Å². The molecule has 120 valence electrons. The zero-order valence-corrected chi connectivity index (χ0v) is 13.0. The van der Waals surface area contributed by atoms with Crippen LogP contribution in [0.5, 0.6) is 0 Å². The second-order valence-corrected chi connectivity index (χ2v) is 4.66. The van der Waals surface area contributed by atoms with Crippen LogP contribution in [-0.4, -0.2) is 50.7 Å². The van der Waals surface area contributed by atoms with Gasteiger partial charge in [0.2, 0.25) is 5.91 Å². The Morgan fingerprint density at radius 2 is 1.86 bits per heavy atom. The molecule has 0 aliphatic heterocycles. The van der Waals surface area contributed by atoms with Gasteiger partial charge in [0.1, 0.15) is 12.4 Å². The van der Waals surface area contributed by atoms with E-state index in [1.54, 1.807) is 19.1 Å². The normalized spacial score (nSPS) is 11.2. The monoisotopic (exact) mass is 309 g/mol. The second kappa shape index (κ2) is 8.94. The van der Waals surface area contributed by atoms with Crippen molar-refractivity contribution in [1.82, 2.24) is 4.90 Å². The van der Waals surface area contributed by atoms with E-state index in [9.17, 15) is 14.0 Å². The van der Waals surface area contributed by atoms with Gasteiger partial charge in [-0.05, 0) is 30.2 Å². The molecule has 0 aliphatic carbocycles. The first-order valence-electron chi connectivity index (χ1n) is 6.76. The van der Waals surface area contributed by atoms with Crippen LogP contribution in [0.3, 0.4) is 0 Å². The fraction of sp³-hybridized carbons (Fsp3) is 0.375. The van der Waals surface area contributed by atoms with Crippen LogP contribution < -0.4 is 0 Å². The van der Waals surface area contributed by atoms with Crippen LogP contribution in [-0.2, 0) is 19.1 Å². The fourth-order valence-electron chi connectivity index (χ4n) is 1.76. The van der Waals surface area contributed by atoms with Crippen LogP contribution in [0, 0.1) is 5.82 Å². The molecule has 0 N–H and O–H groups in total. The first-order chi connectivity index (χ1) is 10.5. The second-order valence-electron chi connectivity index (χ2n) is 4.66. The predicted molar refractivity (Wildman–Crippen MR) is 80.5 cm³/mol. The molecule has 0 saturated heterocycles. The molecule has 0 atom stereocenters. The van der Waals surface area contributed by atoms with Gasteiger partial charge in [-0.2, -0.15) is 0 Å². The van der Waals surface area contributed by atoms with E-state index >= 15 is 0 Å². The van der Waals surface area contributed by atoms with Crippen molar-refractivity contribution in [2.45, 2.75) is 6.92 Å². The zero-order chi connectivity index (χ0) is 16.5. The molecule has 0 bridgehead atoms. The van der Waals surface area contributed by atoms with Crippen LogP contribution in [0.15, 0.2) is 30.3 Å². The summed E-state index contributed by atoms with van der Waals surface area (Å²) >= 11 is 0. The molecule has 0 saturated carbocycles.